The molecule has 10 nitrogen and oxygen atoms in total. The number of barbiturate groups is 1. The fourth-order valence-electron chi connectivity index (χ4n) is 3.74. The Morgan fingerprint density at radius 1 is 0.846 bits per heavy atom. The van der Waals surface area contributed by atoms with E-state index in [1.54, 1.807) is 31.2 Å². The Labute approximate surface area is 225 Å². The van der Waals surface area contributed by atoms with E-state index in [9.17, 15) is 22.8 Å². The van der Waals surface area contributed by atoms with E-state index in [1.807, 2.05) is 13.8 Å². The van der Waals surface area contributed by atoms with E-state index >= 15 is 0 Å². The molecular formula is C28H26N2O8S. The second-order valence-corrected chi connectivity index (χ2v) is 9.92. The summed E-state index contributed by atoms with van der Waals surface area (Å²) in [7, 11) is -4.15. The van der Waals surface area contributed by atoms with Gasteiger partial charge in [-0.2, -0.15) is 8.42 Å². The number of anilines is 1. The van der Waals surface area contributed by atoms with Crippen molar-refractivity contribution in [1.29, 1.82) is 0 Å². The Kier molecular flexibility index (Phi) is 8.01. The number of hydrogen-bond acceptors (Lipinski definition) is 8. The Bertz CT molecular complexity index is 1550. The summed E-state index contributed by atoms with van der Waals surface area (Å²) >= 11 is 0. The third kappa shape index (κ3) is 6.10. The SMILES string of the molecule is CCOc1ccc(N2C(=O)NC(=O)/C(=C\c3ccc(OS(=O)(=O)c4ccc(C)cc4)c(OCC)c3)C2=O)cc1. The maximum Gasteiger partial charge on any atom is 0.339 e. The van der Waals surface area contributed by atoms with Crippen LogP contribution in [0.3, 0.4) is 0 Å². The van der Waals surface area contributed by atoms with Crippen molar-refractivity contribution in [2.75, 3.05) is 18.1 Å². The number of urea groups is 1. The van der Waals surface area contributed by atoms with Crippen LogP contribution in [-0.4, -0.2) is 39.5 Å². The van der Waals surface area contributed by atoms with E-state index in [-0.39, 0.29) is 34.3 Å². The highest BCUT2D eigenvalue weighted by atomic mass is 32.2. The number of aryl methyl sites for hydroxylation is 1. The Hall–Kier alpha value is -4.64. The molecule has 1 heterocycles. The summed E-state index contributed by atoms with van der Waals surface area (Å²) in [6, 6.07) is 15.9. The van der Waals surface area contributed by atoms with Crippen LogP contribution in [0.5, 0.6) is 17.2 Å². The average molecular weight is 551 g/mol. The molecule has 0 radical (unpaired) electrons. The van der Waals surface area contributed by atoms with E-state index in [1.165, 1.54) is 48.5 Å². The topological polar surface area (TPSA) is 128 Å². The third-order valence-corrected chi connectivity index (χ3v) is 6.84. The number of nitrogens with zero attached hydrogens (tertiary/aromatic N) is 1. The van der Waals surface area contributed by atoms with Crippen LogP contribution in [0.2, 0.25) is 0 Å². The van der Waals surface area contributed by atoms with Crippen molar-refractivity contribution >= 4 is 39.7 Å². The summed E-state index contributed by atoms with van der Waals surface area (Å²) in [5.74, 6) is -1.11. The minimum Gasteiger partial charge on any atom is -0.494 e. The summed E-state index contributed by atoms with van der Waals surface area (Å²) in [5.41, 5.74) is 1.19. The molecule has 3 aromatic carbocycles. The zero-order valence-corrected chi connectivity index (χ0v) is 22.3. The number of hydrogen-bond donors (Lipinski definition) is 1. The van der Waals surface area contributed by atoms with Gasteiger partial charge in [-0.3, -0.25) is 14.9 Å². The molecule has 4 rings (SSSR count). The first kappa shape index (κ1) is 27.4. The number of carbonyl (C=O) groups is 3. The molecule has 0 aliphatic carbocycles. The summed E-state index contributed by atoms with van der Waals surface area (Å²) < 4.78 is 41.9. The number of imide groups is 2. The normalized spacial score (nSPS) is 14.8. The van der Waals surface area contributed by atoms with Gasteiger partial charge in [0.25, 0.3) is 11.8 Å². The Morgan fingerprint density at radius 2 is 1.51 bits per heavy atom. The lowest BCUT2D eigenvalue weighted by atomic mass is 10.1. The fourth-order valence-corrected chi connectivity index (χ4v) is 4.68. The van der Waals surface area contributed by atoms with Crippen LogP contribution in [0, 0.1) is 6.92 Å². The summed E-state index contributed by atoms with van der Waals surface area (Å²) in [6.07, 6.45) is 1.28. The lowest BCUT2D eigenvalue weighted by Gasteiger charge is -2.26. The third-order valence-electron chi connectivity index (χ3n) is 5.60. The predicted molar refractivity (Wildman–Crippen MR) is 143 cm³/mol. The quantitative estimate of drug-likeness (QED) is 0.238. The number of amides is 4. The first-order valence-corrected chi connectivity index (χ1v) is 13.5. The van der Waals surface area contributed by atoms with Crippen LogP contribution in [0.15, 0.2) is 77.2 Å². The van der Waals surface area contributed by atoms with Gasteiger partial charge in [-0.1, -0.05) is 23.8 Å². The number of ether oxygens (including phenoxy) is 2. The van der Waals surface area contributed by atoms with E-state index in [0.29, 0.717) is 17.9 Å². The van der Waals surface area contributed by atoms with Gasteiger partial charge in [0.15, 0.2) is 11.5 Å². The summed E-state index contributed by atoms with van der Waals surface area (Å²) in [4.78, 5) is 39.1. The van der Waals surface area contributed by atoms with Gasteiger partial charge in [0.05, 0.1) is 18.9 Å². The predicted octanol–water partition coefficient (Wildman–Crippen LogP) is 4.23. The zero-order chi connectivity index (χ0) is 28.2. The highest BCUT2D eigenvalue weighted by Gasteiger charge is 2.37. The fraction of sp³-hybridized carbons (Fsp3) is 0.179. The molecule has 39 heavy (non-hydrogen) atoms. The average Bonchev–Trinajstić information content (AvgIpc) is 2.89. The molecular weight excluding hydrogens is 524 g/mol. The van der Waals surface area contributed by atoms with Crippen molar-refractivity contribution in [2.45, 2.75) is 25.7 Å². The van der Waals surface area contributed by atoms with Gasteiger partial charge < -0.3 is 13.7 Å². The monoisotopic (exact) mass is 550 g/mol. The maximum atomic E-state index is 13.2. The van der Waals surface area contributed by atoms with Crippen molar-refractivity contribution in [3.63, 3.8) is 0 Å². The number of rotatable bonds is 9. The van der Waals surface area contributed by atoms with Gasteiger partial charge in [0, 0.05) is 0 Å². The van der Waals surface area contributed by atoms with Crippen LogP contribution in [-0.2, 0) is 19.7 Å². The van der Waals surface area contributed by atoms with E-state index in [2.05, 4.69) is 5.32 Å². The number of nitrogens with one attached hydrogen (secondary N) is 1. The van der Waals surface area contributed by atoms with Crippen molar-refractivity contribution in [2.24, 2.45) is 0 Å². The molecule has 1 aliphatic heterocycles. The van der Waals surface area contributed by atoms with Crippen LogP contribution in [0.1, 0.15) is 25.0 Å². The van der Waals surface area contributed by atoms with Crippen LogP contribution < -0.4 is 23.9 Å². The first-order valence-electron chi connectivity index (χ1n) is 12.0. The van der Waals surface area contributed by atoms with Crippen LogP contribution in [0.25, 0.3) is 6.08 Å². The lowest BCUT2D eigenvalue weighted by Crippen LogP contribution is -2.54. The summed E-state index contributed by atoms with van der Waals surface area (Å²) in [6.45, 7) is 6.02. The zero-order valence-electron chi connectivity index (χ0n) is 21.5. The van der Waals surface area contributed by atoms with Crippen LogP contribution in [0.4, 0.5) is 10.5 Å². The second kappa shape index (κ2) is 11.4. The molecule has 1 fully saturated rings. The standard InChI is InChI=1S/C28H26N2O8S/c1-4-36-21-11-9-20(10-12-21)30-27(32)23(26(31)29-28(30)33)16-19-8-15-24(25(17-19)37-5-2)38-39(34,35)22-13-6-18(3)7-14-22/h6-17H,4-5H2,1-3H3,(H,29,31,33)/b23-16+. The molecule has 202 valence electrons. The van der Waals surface area contributed by atoms with Crippen molar-refractivity contribution in [3.05, 3.63) is 83.4 Å². The largest absolute Gasteiger partial charge is 0.494 e. The van der Waals surface area contributed by atoms with E-state index in [4.69, 9.17) is 13.7 Å². The maximum absolute atomic E-state index is 13.2. The first-order chi connectivity index (χ1) is 18.6. The molecule has 0 saturated carbocycles. The Balaban J connectivity index is 1.64. The molecule has 0 spiro atoms. The van der Waals surface area contributed by atoms with E-state index in [0.717, 1.165) is 10.5 Å². The van der Waals surface area contributed by atoms with Gasteiger partial charge in [-0.25, -0.2) is 9.69 Å². The van der Waals surface area contributed by atoms with Crippen molar-refractivity contribution < 1.29 is 36.5 Å². The molecule has 3 aromatic rings. The number of carbonyl (C=O) groups excluding carboxylic acids is 3. The molecule has 1 N–H and O–H groups in total. The molecule has 4 amide bonds. The minimum absolute atomic E-state index is 0.0229. The molecule has 1 aliphatic rings. The molecule has 0 bridgehead atoms. The molecule has 0 atom stereocenters. The van der Waals surface area contributed by atoms with E-state index < -0.39 is 28.0 Å². The number of benzene rings is 3. The highest BCUT2D eigenvalue weighted by Crippen LogP contribution is 2.33. The van der Waals surface area contributed by atoms with Gasteiger partial charge in [-0.15, -0.1) is 0 Å². The second-order valence-electron chi connectivity index (χ2n) is 8.37. The van der Waals surface area contributed by atoms with Gasteiger partial charge in [-0.05, 0) is 80.9 Å². The minimum atomic E-state index is -4.15. The van der Waals surface area contributed by atoms with Crippen LogP contribution >= 0.6 is 0 Å². The van der Waals surface area contributed by atoms with Crippen molar-refractivity contribution in [1.82, 2.24) is 5.32 Å². The molecule has 0 unspecified atom stereocenters. The van der Waals surface area contributed by atoms with Gasteiger partial charge in [0.1, 0.15) is 16.2 Å². The van der Waals surface area contributed by atoms with Gasteiger partial charge in [0.2, 0.25) is 0 Å². The summed E-state index contributed by atoms with van der Waals surface area (Å²) in [5, 5.41) is 2.17. The van der Waals surface area contributed by atoms with Crippen molar-refractivity contribution in [3.8, 4) is 17.2 Å². The highest BCUT2D eigenvalue weighted by molar-refractivity contribution is 7.87. The molecule has 11 heteroatoms. The van der Waals surface area contributed by atoms with Gasteiger partial charge >= 0.3 is 16.1 Å². The smallest absolute Gasteiger partial charge is 0.339 e. The Morgan fingerprint density at radius 3 is 2.15 bits per heavy atom. The molecule has 1 saturated heterocycles. The molecule has 0 aromatic heterocycles. The lowest BCUT2D eigenvalue weighted by molar-refractivity contribution is -0.122.